The maximum atomic E-state index is 12.5. The summed E-state index contributed by atoms with van der Waals surface area (Å²) in [5.41, 5.74) is 2.23. The van der Waals surface area contributed by atoms with Crippen LogP contribution in [0.2, 0.25) is 0 Å². The molecule has 3 rings (SSSR count). The molecule has 1 aliphatic heterocycles. The second kappa shape index (κ2) is 8.70. The number of aryl methyl sites for hydroxylation is 1. The van der Waals surface area contributed by atoms with Gasteiger partial charge in [0.15, 0.2) is 0 Å². The van der Waals surface area contributed by atoms with E-state index in [0.717, 1.165) is 55.6 Å². The summed E-state index contributed by atoms with van der Waals surface area (Å²) in [6, 6.07) is 11.4. The Balaban J connectivity index is 1.44. The van der Waals surface area contributed by atoms with Crippen molar-refractivity contribution in [2.24, 2.45) is 5.92 Å². The first-order chi connectivity index (χ1) is 12.6. The number of likely N-dealkylation sites (tertiary alicyclic amines) is 1. The van der Waals surface area contributed by atoms with Gasteiger partial charge in [-0.1, -0.05) is 18.2 Å². The lowest BCUT2D eigenvalue weighted by molar-refractivity contribution is -0.132. The lowest BCUT2D eigenvalue weighted by Crippen LogP contribution is -2.39. The van der Waals surface area contributed by atoms with E-state index in [0.29, 0.717) is 12.3 Å². The SMILES string of the molecule is COc1cccc(CCC(=O)N2CCC(Cc3ccc(=O)[nH]c3)CC2)c1. The van der Waals surface area contributed by atoms with Crippen LogP contribution >= 0.6 is 0 Å². The van der Waals surface area contributed by atoms with Gasteiger partial charge in [-0.25, -0.2) is 0 Å². The normalized spacial score (nSPS) is 15.0. The highest BCUT2D eigenvalue weighted by Gasteiger charge is 2.22. The largest absolute Gasteiger partial charge is 0.497 e. The number of carbonyl (C=O) groups is 1. The first-order valence-corrected chi connectivity index (χ1v) is 9.22. The van der Waals surface area contributed by atoms with Gasteiger partial charge in [0.25, 0.3) is 0 Å². The summed E-state index contributed by atoms with van der Waals surface area (Å²) in [6.45, 7) is 1.65. The van der Waals surface area contributed by atoms with Crippen LogP contribution in [0.4, 0.5) is 0 Å². The maximum Gasteiger partial charge on any atom is 0.247 e. The highest BCUT2D eigenvalue weighted by molar-refractivity contribution is 5.76. The van der Waals surface area contributed by atoms with E-state index in [1.165, 1.54) is 0 Å². The molecule has 5 nitrogen and oxygen atoms in total. The lowest BCUT2D eigenvalue weighted by atomic mass is 9.90. The van der Waals surface area contributed by atoms with Crippen molar-refractivity contribution in [2.45, 2.75) is 32.1 Å². The summed E-state index contributed by atoms with van der Waals surface area (Å²) in [5, 5.41) is 0. The molecule has 2 aromatic rings. The van der Waals surface area contributed by atoms with Crippen LogP contribution in [0.15, 0.2) is 47.4 Å². The quantitative estimate of drug-likeness (QED) is 0.868. The molecule has 0 spiro atoms. The summed E-state index contributed by atoms with van der Waals surface area (Å²) in [6.07, 6.45) is 6.08. The van der Waals surface area contributed by atoms with Crippen molar-refractivity contribution >= 4 is 5.91 Å². The molecule has 5 heteroatoms. The van der Waals surface area contributed by atoms with Crippen molar-refractivity contribution in [1.29, 1.82) is 0 Å². The van der Waals surface area contributed by atoms with Gasteiger partial charge in [-0.2, -0.15) is 0 Å². The minimum Gasteiger partial charge on any atom is -0.497 e. The molecule has 1 aromatic carbocycles. The van der Waals surface area contributed by atoms with E-state index in [1.807, 2.05) is 35.2 Å². The molecule has 0 atom stereocenters. The van der Waals surface area contributed by atoms with Gasteiger partial charge >= 0.3 is 0 Å². The Morgan fingerprint density at radius 2 is 2.00 bits per heavy atom. The average Bonchev–Trinajstić information content (AvgIpc) is 2.68. The number of aromatic nitrogens is 1. The number of rotatable bonds is 6. The van der Waals surface area contributed by atoms with E-state index in [1.54, 1.807) is 19.4 Å². The highest BCUT2D eigenvalue weighted by Crippen LogP contribution is 2.22. The smallest absolute Gasteiger partial charge is 0.247 e. The minimum atomic E-state index is -0.0646. The fraction of sp³-hybridized carbons (Fsp3) is 0.429. The Kier molecular flexibility index (Phi) is 6.10. The molecule has 1 saturated heterocycles. The first-order valence-electron chi connectivity index (χ1n) is 9.22. The molecule has 26 heavy (non-hydrogen) atoms. The van der Waals surface area contributed by atoms with Gasteiger partial charge in [0.2, 0.25) is 11.5 Å². The molecule has 138 valence electrons. The molecule has 1 N–H and O–H groups in total. The summed E-state index contributed by atoms with van der Waals surface area (Å²) in [7, 11) is 1.65. The van der Waals surface area contributed by atoms with Crippen molar-refractivity contribution in [3.8, 4) is 5.75 Å². The van der Waals surface area contributed by atoms with Crippen molar-refractivity contribution in [3.63, 3.8) is 0 Å². The molecule has 1 amide bonds. The van der Waals surface area contributed by atoms with Crippen molar-refractivity contribution in [3.05, 3.63) is 64.1 Å². The summed E-state index contributed by atoms with van der Waals surface area (Å²) < 4.78 is 5.23. The minimum absolute atomic E-state index is 0.0646. The monoisotopic (exact) mass is 354 g/mol. The number of benzene rings is 1. The van der Waals surface area contributed by atoms with Crippen LogP contribution in [0.3, 0.4) is 0 Å². The van der Waals surface area contributed by atoms with Gasteiger partial charge in [0, 0.05) is 31.8 Å². The Morgan fingerprint density at radius 3 is 2.69 bits per heavy atom. The predicted molar refractivity (Wildman–Crippen MR) is 101 cm³/mol. The summed E-state index contributed by atoms with van der Waals surface area (Å²) in [5.74, 6) is 1.64. The number of piperidine rings is 1. The molecule has 0 saturated carbocycles. The third kappa shape index (κ3) is 4.97. The number of methoxy groups -OCH3 is 1. The number of nitrogens with zero attached hydrogens (tertiary/aromatic N) is 1. The number of amides is 1. The number of aromatic amines is 1. The Bertz CT molecular complexity index is 771. The van der Waals surface area contributed by atoms with E-state index >= 15 is 0 Å². The molecular weight excluding hydrogens is 328 g/mol. The maximum absolute atomic E-state index is 12.5. The molecule has 1 aliphatic rings. The molecule has 1 fully saturated rings. The fourth-order valence-electron chi connectivity index (χ4n) is 3.53. The molecule has 1 aromatic heterocycles. The third-order valence-corrected chi connectivity index (χ3v) is 5.10. The number of hydrogen-bond donors (Lipinski definition) is 1. The second-order valence-corrected chi connectivity index (χ2v) is 6.94. The Hall–Kier alpha value is -2.56. The van der Waals surface area contributed by atoms with Gasteiger partial charge in [-0.3, -0.25) is 9.59 Å². The average molecular weight is 354 g/mol. The number of hydrogen-bond acceptors (Lipinski definition) is 3. The topological polar surface area (TPSA) is 62.4 Å². The highest BCUT2D eigenvalue weighted by atomic mass is 16.5. The van der Waals surface area contributed by atoms with Gasteiger partial charge in [-0.05, 0) is 54.9 Å². The van der Waals surface area contributed by atoms with Gasteiger partial charge in [0.1, 0.15) is 5.75 Å². The van der Waals surface area contributed by atoms with Crippen molar-refractivity contribution in [2.75, 3.05) is 20.2 Å². The molecule has 2 heterocycles. The van der Waals surface area contributed by atoms with E-state index in [2.05, 4.69) is 4.98 Å². The van der Waals surface area contributed by atoms with Crippen LogP contribution in [0.5, 0.6) is 5.75 Å². The zero-order valence-electron chi connectivity index (χ0n) is 15.2. The zero-order chi connectivity index (χ0) is 18.4. The number of carbonyl (C=O) groups excluding carboxylic acids is 1. The number of pyridine rings is 1. The number of ether oxygens (including phenoxy) is 1. The number of nitrogens with one attached hydrogen (secondary N) is 1. The first kappa shape index (κ1) is 18.2. The van der Waals surface area contributed by atoms with Crippen LogP contribution in [0.1, 0.15) is 30.4 Å². The van der Waals surface area contributed by atoms with Crippen molar-refractivity contribution in [1.82, 2.24) is 9.88 Å². The van der Waals surface area contributed by atoms with Crippen LogP contribution < -0.4 is 10.3 Å². The molecule has 0 bridgehead atoms. The third-order valence-electron chi connectivity index (χ3n) is 5.10. The lowest BCUT2D eigenvalue weighted by Gasteiger charge is -2.32. The Labute approximate surface area is 154 Å². The van der Waals surface area contributed by atoms with Crippen LogP contribution in [-0.4, -0.2) is 36.0 Å². The summed E-state index contributed by atoms with van der Waals surface area (Å²) >= 11 is 0. The van der Waals surface area contributed by atoms with Crippen LogP contribution in [-0.2, 0) is 17.6 Å². The van der Waals surface area contributed by atoms with Crippen LogP contribution in [0.25, 0.3) is 0 Å². The second-order valence-electron chi connectivity index (χ2n) is 6.94. The molecule has 0 unspecified atom stereocenters. The van der Waals surface area contributed by atoms with Gasteiger partial charge in [0.05, 0.1) is 7.11 Å². The van der Waals surface area contributed by atoms with Gasteiger partial charge < -0.3 is 14.6 Å². The zero-order valence-corrected chi connectivity index (χ0v) is 15.2. The van der Waals surface area contributed by atoms with E-state index in [4.69, 9.17) is 4.74 Å². The predicted octanol–water partition coefficient (Wildman–Crippen LogP) is 2.80. The summed E-state index contributed by atoms with van der Waals surface area (Å²) in [4.78, 5) is 28.3. The van der Waals surface area contributed by atoms with Crippen LogP contribution in [0, 0.1) is 5.92 Å². The number of H-pyrrole nitrogens is 1. The molecular formula is C21H26N2O3. The molecule has 0 aliphatic carbocycles. The Morgan fingerprint density at radius 1 is 1.19 bits per heavy atom. The standard InChI is InChI=1S/C21H26N2O3/c1-26-19-4-2-3-16(14-19)6-8-21(25)23-11-9-17(10-12-23)13-18-5-7-20(24)22-15-18/h2-5,7,14-15,17H,6,8-13H2,1H3,(H,22,24). The van der Waals surface area contributed by atoms with Gasteiger partial charge in [-0.15, -0.1) is 0 Å². The fourth-order valence-corrected chi connectivity index (χ4v) is 3.53. The van der Waals surface area contributed by atoms with Crippen molar-refractivity contribution < 1.29 is 9.53 Å². The van der Waals surface area contributed by atoms with E-state index in [-0.39, 0.29) is 11.5 Å². The van der Waals surface area contributed by atoms with E-state index in [9.17, 15) is 9.59 Å². The molecule has 0 radical (unpaired) electrons. The van der Waals surface area contributed by atoms with E-state index < -0.39 is 0 Å².